The lowest BCUT2D eigenvalue weighted by atomic mass is 9.79. The van der Waals surface area contributed by atoms with E-state index >= 15 is 0 Å². The molecule has 1 saturated carbocycles. The number of aliphatic carboxylic acids is 1. The molecular formula is C18H23F3N2O3. The Morgan fingerprint density at radius 2 is 1.96 bits per heavy atom. The number of ether oxygens (including phenoxy) is 1. The molecule has 1 aliphatic heterocycles. The van der Waals surface area contributed by atoms with E-state index in [1.54, 1.807) is 0 Å². The van der Waals surface area contributed by atoms with Crippen molar-refractivity contribution in [2.24, 2.45) is 0 Å². The number of nitrogens with zero attached hydrogens (tertiary/aromatic N) is 1. The topological polar surface area (TPSA) is 61.8 Å². The molecule has 0 radical (unpaired) electrons. The summed E-state index contributed by atoms with van der Waals surface area (Å²) in [6.45, 7) is 0.548. The highest BCUT2D eigenvalue weighted by molar-refractivity contribution is 5.68. The molecule has 8 heteroatoms. The van der Waals surface area contributed by atoms with Gasteiger partial charge in [-0.05, 0) is 31.4 Å². The van der Waals surface area contributed by atoms with Crippen LogP contribution in [-0.2, 0) is 17.5 Å². The summed E-state index contributed by atoms with van der Waals surface area (Å²) in [6, 6.07) is 3.30. The molecule has 26 heavy (non-hydrogen) atoms. The number of carboxylic acids is 1. The lowest BCUT2D eigenvalue weighted by Gasteiger charge is -2.41. The zero-order chi connectivity index (χ0) is 18.8. The van der Waals surface area contributed by atoms with Crippen molar-refractivity contribution in [1.29, 1.82) is 0 Å². The standard InChI is InChI=1S/C18H23F3N2O3/c19-18(20,21)14-5-4-13(15(10-14)26-12-16(24)25)11-23-17(8-9-22-23)6-2-1-3-7-17/h4-5,10,22H,1-3,6-9,11-12H2,(H,24,25). The number of alkyl halides is 3. The number of hydrazine groups is 1. The Balaban J connectivity index is 1.84. The first kappa shape index (κ1) is 19.0. The third kappa shape index (κ3) is 4.12. The Morgan fingerprint density at radius 1 is 1.23 bits per heavy atom. The number of hydrogen-bond acceptors (Lipinski definition) is 4. The van der Waals surface area contributed by atoms with Crippen LogP contribution in [0.4, 0.5) is 13.2 Å². The van der Waals surface area contributed by atoms with E-state index in [0.717, 1.165) is 50.8 Å². The molecule has 1 aromatic carbocycles. The quantitative estimate of drug-likeness (QED) is 0.827. The van der Waals surface area contributed by atoms with Gasteiger partial charge >= 0.3 is 12.1 Å². The molecular weight excluding hydrogens is 349 g/mol. The summed E-state index contributed by atoms with van der Waals surface area (Å²) in [6.07, 6.45) is 2.14. The maximum Gasteiger partial charge on any atom is 0.416 e. The Hall–Kier alpha value is -1.80. The molecule has 2 aliphatic rings. The summed E-state index contributed by atoms with van der Waals surface area (Å²) in [5, 5.41) is 10.9. The SMILES string of the molecule is O=C(O)COc1cc(C(F)(F)F)ccc1CN1NCCC12CCCCC2. The van der Waals surface area contributed by atoms with Crippen molar-refractivity contribution in [1.82, 2.24) is 10.4 Å². The fourth-order valence-electron chi connectivity index (χ4n) is 3.99. The van der Waals surface area contributed by atoms with Crippen molar-refractivity contribution in [3.8, 4) is 5.75 Å². The van der Waals surface area contributed by atoms with Crippen LogP contribution >= 0.6 is 0 Å². The summed E-state index contributed by atoms with van der Waals surface area (Å²) < 4.78 is 44.1. The second-order valence-electron chi connectivity index (χ2n) is 7.03. The molecule has 1 spiro atoms. The van der Waals surface area contributed by atoms with E-state index in [1.165, 1.54) is 12.5 Å². The number of rotatable bonds is 5. The molecule has 1 saturated heterocycles. The molecule has 0 amide bonds. The van der Waals surface area contributed by atoms with Crippen LogP contribution < -0.4 is 10.2 Å². The molecule has 0 unspecified atom stereocenters. The monoisotopic (exact) mass is 372 g/mol. The number of nitrogens with one attached hydrogen (secondary N) is 1. The van der Waals surface area contributed by atoms with Gasteiger partial charge in [0.2, 0.25) is 0 Å². The summed E-state index contributed by atoms with van der Waals surface area (Å²) in [5.41, 5.74) is 3.08. The first-order valence-electron chi connectivity index (χ1n) is 8.86. The predicted molar refractivity (Wildman–Crippen MR) is 88.6 cm³/mol. The lowest BCUT2D eigenvalue weighted by Crippen LogP contribution is -2.48. The first-order chi connectivity index (χ1) is 12.3. The van der Waals surface area contributed by atoms with Crippen LogP contribution in [0, 0.1) is 0 Å². The highest BCUT2D eigenvalue weighted by Crippen LogP contribution is 2.40. The van der Waals surface area contributed by atoms with Crippen molar-refractivity contribution in [2.75, 3.05) is 13.2 Å². The van der Waals surface area contributed by atoms with Gasteiger partial charge in [0, 0.05) is 24.2 Å². The average molecular weight is 372 g/mol. The second-order valence-corrected chi connectivity index (χ2v) is 7.03. The van der Waals surface area contributed by atoms with Crippen molar-refractivity contribution in [3.05, 3.63) is 29.3 Å². The highest BCUT2D eigenvalue weighted by atomic mass is 19.4. The van der Waals surface area contributed by atoms with E-state index in [9.17, 15) is 18.0 Å². The van der Waals surface area contributed by atoms with Gasteiger partial charge in [-0.2, -0.15) is 13.2 Å². The summed E-state index contributed by atoms with van der Waals surface area (Å²) >= 11 is 0. The number of halogens is 3. The fraction of sp³-hybridized carbons (Fsp3) is 0.611. The van der Waals surface area contributed by atoms with Gasteiger partial charge < -0.3 is 9.84 Å². The molecule has 2 fully saturated rings. The van der Waals surface area contributed by atoms with E-state index in [4.69, 9.17) is 9.84 Å². The minimum absolute atomic E-state index is 0.0260. The summed E-state index contributed by atoms with van der Waals surface area (Å²) in [5.74, 6) is -1.25. The van der Waals surface area contributed by atoms with E-state index in [0.29, 0.717) is 12.1 Å². The molecule has 1 aliphatic carbocycles. The fourth-order valence-corrected chi connectivity index (χ4v) is 3.99. The maximum absolute atomic E-state index is 13.0. The largest absolute Gasteiger partial charge is 0.482 e. The third-order valence-corrected chi connectivity index (χ3v) is 5.32. The van der Waals surface area contributed by atoms with Crippen molar-refractivity contribution >= 4 is 5.97 Å². The van der Waals surface area contributed by atoms with Crippen LogP contribution in [0.1, 0.15) is 49.7 Å². The van der Waals surface area contributed by atoms with Gasteiger partial charge in [-0.3, -0.25) is 5.43 Å². The molecule has 1 aromatic rings. The normalized spacial score (nSPS) is 20.4. The molecule has 144 valence electrons. The van der Waals surface area contributed by atoms with Crippen molar-refractivity contribution in [3.63, 3.8) is 0 Å². The number of benzene rings is 1. The Bertz CT molecular complexity index is 658. The number of carboxylic acid groups (broad SMARTS) is 1. The van der Waals surface area contributed by atoms with Crippen LogP contribution in [0.5, 0.6) is 5.75 Å². The van der Waals surface area contributed by atoms with E-state index in [2.05, 4.69) is 10.4 Å². The minimum Gasteiger partial charge on any atom is -0.482 e. The second kappa shape index (κ2) is 7.44. The minimum atomic E-state index is -4.50. The Kier molecular flexibility index (Phi) is 5.43. The highest BCUT2D eigenvalue weighted by Gasteiger charge is 2.42. The summed E-state index contributed by atoms with van der Waals surface area (Å²) in [7, 11) is 0. The van der Waals surface area contributed by atoms with Crippen LogP contribution in [-0.4, -0.2) is 34.8 Å². The first-order valence-corrected chi connectivity index (χ1v) is 8.86. The van der Waals surface area contributed by atoms with Crippen LogP contribution in [0.15, 0.2) is 18.2 Å². The predicted octanol–water partition coefficient (Wildman–Crippen LogP) is 3.58. The molecule has 2 N–H and O–H groups in total. The van der Waals surface area contributed by atoms with Gasteiger partial charge in [0.25, 0.3) is 0 Å². The van der Waals surface area contributed by atoms with Crippen molar-refractivity contribution in [2.45, 2.75) is 56.8 Å². The van der Waals surface area contributed by atoms with Gasteiger partial charge in [0.1, 0.15) is 5.75 Å². The molecule has 0 atom stereocenters. The van der Waals surface area contributed by atoms with Crippen LogP contribution in [0.2, 0.25) is 0 Å². The van der Waals surface area contributed by atoms with E-state index in [-0.39, 0.29) is 11.3 Å². The summed E-state index contributed by atoms with van der Waals surface area (Å²) in [4.78, 5) is 10.8. The van der Waals surface area contributed by atoms with Crippen molar-refractivity contribution < 1.29 is 27.8 Å². The van der Waals surface area contributed by atoms with E-state index in [1.807, 2.05) is 0 Å². The van der Waals surface area contributed by atoms with Gasteiger partial charge in [-0.1, -0.05) is 25.3 Å². The van der Waals surface area contributed by atoms with Gasteiger partial charge in [-0.15, -0.1) is 0 Å². The smallest absolute Gasteiger partial charge is 0.416 e. The number of hydrogen-bond donors (Lipinski definition) is 2. The Labute approximate surface area is 150 Å². The van der Waals surface area contributed by atoms with Crippen LogP contribution in [0.25, 0.3) is 0 Å². The third-order valence-electron chi connectivity index (χ3n) is 5.32. The van der Waals surface area contributed by atoms with Gasteiger partial charge in [0.05, 0.1) is 5.56 Å². The van der Waals surface area contributed by atoms with Gasteiger partial charge in [0.15, 0.2) is 6.61 Å². The number of carbonyl (C=O) groups is 1. The van der Waals surface area contributed by atoms with Gasteiger partial charge in [-0.25, -0.2) is 9.80 Å². The van der Waals surface area contributed by atoms with Crippen LogP contribution in [0.3, 0.4) is 0 Å². The zero-order valence-electron chi connectivity index (χ0n) is 14.4. The average Bonchev–Trinajstić information content (AvgIpc) is 2.95. The molecule has 5 nitrogen and oxygen atoms in total. The van der Waals surface area contributed by atoms with E-state index < -0.39 is 24.3 Å². The molecule has 3 rings (SSSR count). The molecule has 0 bridgehead atoms. The Morgan fingerprint density at radius 3 is 2.62 bits per heavy atom. The zero-order valence-corrected chi connectivity index (χ0v) is 14.4. The molecule has 1 heterocycles. The molecule has 0 aromatic heterocycles. The maximum atomic E-state index is 13.0. The lowest BCUT2D eigenvalue weighted by molar-refractivity contribution is -0.139.